The van der Waals surface area contributed by atoms with Crippen LogP contribution in [0.3, 0.4) is 0 Å². The summed E-state index contributed by atoms with van der Waals surface area (Å²) in [4.78, 5) is 14.9. The minimum absolute atomic E-state index is 0.657. The number of benzene rings is 7. The van der Waals surface area contributed by atoms with E-state index in [4.69, 9.17) is 19.7 Å². The second kappa shape index (κ2) is 10.9. The monoisotopic (exact) mass is 670 g/mol. The van der Waals surface area contributed by atoms with E-state index in [9.17, 15) is 0 Å². The first-order valence-corrected chi connectivity index (χ1v) is 17.8. The zero-order valence-electron chi connectivity index (χ0n) is 27.1. The van der Waals surface area contributed by atoms with Crippen molar-refractivity contribution in [3.05, 3.63) is 158 Å². The highest BCUT2D eigenvalue weighted by molar-refractivity contribution is 7.26. The smallest absolute Gasteiger partial charge is 0.164 e. The van der Waals surface area contributed by atoms with E-state index < -0.39 is 0 Å². The Labute approximate surface area is 296 Å². The van der Waals surface area contributed by atoms with Gasteiger partial charge in [-0.1, -0.05) is 109 Å². The Hall–Kier alpha value is -6.63. The molecule has 51 heavy (non-hydrogen) atoms. The van der Waals surface area contributed by atoms with Gasteiger partial charge in [0.05, 0.1) is 16.7 Å². The van der Waals surface area contributed by atoms with Crippen molar-refractivity contribution in [3.8, 4) is 62.5 Å². The molecule has 0 aliphatic carbocycles. The molecule has 6 heteroatoms. The van der Waals surface area contributed by atoms with E-state index in [1.807, 2.05) is 84.1 Å². The van der Waals surface area contributed by atoms with Crippen molar-refractivity contribution in [3.63, 3.8) is 0 Å². The molecule has 0 saturated heterocycles. The molecule has 3 aromatic heterocycles. The lowest BCUT2D eigenvalue weighted by atomic mass is 10.00. The summed E-state index contributed by atoms with van der Waals surface area (Å²) in [6.07, 6.45) is 0. The number of fused-ring (bicyclic) bond motifs is 8. The van der Waals surface area contributed by atoms with Crippen LogP contribution in [-0.4, -0.2) is 19.5 Å². The molecule has 0 bridgehead atoms. The van der Waals surface area contributed by atoms with Crippen LogP contribution in [-0.2, 0) is 0 Å². The normalized spacial score (nSPS) is 12.1. The lowest BCUT2D eigenvalue weighted by Gasteiger charge is -2.20. The number of hydrogen-bond acceptors (Lipinski definition) is 5. The highest BCUT2D eigenvalue weighted by atomic mass is 32.1. The third-order valence-electron chi connectivity index (χ3n) is 9.84. The van der Waals surface area contributed by atoms with Crippen molar-refractivity contribution in [1.82, 2.24) is 19.5 Å². The van der Waals surface area contributed by atoms with Gasteiger partial charge in [-0.25, -0.2) is 15.0 Å². The summed E-state index contributed by atoms with van der Waals surface area (Å²) in [7, 11) is 0. The molecule has 0 unspecified atom stereocenters. The molecule has 238 valence electrons. The molecule has 0 N–H and O–H groups in total. The molecule has 0 atom stereocenters. The molecule has 10 aromatic rings. The second-order valence-electron chi connectivity index (χ2n) is 12.8. The highest BCUT2D eigenvalue weighted by Gasteiger charge is 2.24. The second-order valence-corrected chi connectivity index (χ2v) is 13.9. The minimum Gasteiger partial charge on any atom is -0.453 e. The third kappa shape index (κ3) is 4.37. The van der Waals surface area contributed by atoms with E-state index >= 15 is 0 Å². The molecular formula is C45H26N4OS. The van der Waals surface area contributed by atoms with Crippen LogP contribution >= 0.6 is 11.3 Å². The Kier molecular flexibility index (Phi) is 6.05. The van der Waals surface area contributed by atoms with E-state index in [1.165, 1.54) is 47.6 Å². The molecule has 7 aromatic carbocycles. The maximum Gasteiger partial charge on any atom is 0.164 e. The van der Waals surface area contributed by atoms with Crippen LogP contribution in [0, 0.1) is 0 Å². The molecule has 0 spiro atoms. The molecule has 5 nitrogen and oxygen atoms in total. The number of nitrogens with zero attached hydrogens (tertiary/aromatic N) is 4. The van der Waals surface area contributed by atoms with Gasteiger partial charge in [0.1, 0.15) is 0 Å². The summed E-state index contributed by atoms with van der Waals surface area (Å²) in [5.74, 6) is 3.73. The fourth-order valence-electron chi connectivity index (χ4n) is 7.49. The van der Waals surface area contributed by atoms with E-state index in [0.29, 0.717) is 17.5 Å². The maximum atomic E-state index is 6.35. The Morgan fingerprint density at radius 2 is 1.08 bits per heavy atom. The Bertz CT molecular complexity index is 2940. The van der Waals surface area contributed by atoms with Crippen molar-refractivity contribution in [2.75, 3.05) is 0 Å². The Morgan fingerprint density at radius 1 is 0.451 bits per heavy atom. The maximum absolute atomic E-state index is 6.35. The number of aromatic nitrogens is 4. The molecule has 4 heterocycles. The molecule has 0 amide bonds. The van der Waals surface area contributed by atoms with Gasteiger partial charge in [-0.05, 0) is 59.7 Å². The number of rotatable bonds is 4. The number of ether oxygens (including phenoxy) is 1. The summed E-state index contributed by atoms with van der Waals surface area (Å²) in [5, 5.41) is 4.82. The van der Waals surface area contributed by atoms with Crippen LogP contribution in [0.1, 0.15) is 0 Å². The van der Waals surface area contributed by atoms with Gasteiger partial charge >= 0.3 is 0 Å². The molecule has 11 rings (SSSR count). The van der Waals surface area contributed by atoms with Gasteiger partial charge in [-0.3, -0.25) is 0 Å². The van der Waals surface area contributed by atoms with E-state index in [0.717, 1.165) is 39.4 Å². The van der Waals surface area contributed by atoms with E-state index in [2.05, 4.69) is 89.5 Å². The zero-order chi connectivity index (χ0) is 33.5. The SMILES string of the molecule is c1ccc(-c2nc(-c3ccccc3)nc(-c3ccc4sc5c(-c6ccc7c(c6)c6cccc8c6n7-c6ccccc6O8)cccc5c4c3)n2)cc1. The summed E-state index contributed by atoms with van der Waals surface area (Å²) in [5.41, 5.74) is 8.64. The van der Waals surface area contributed by atoms with Gasteiger partial charge in [0.2, 0.25) is 0 Å². The van der Waals surface area contributed by atoms with Gasteiger partial charge < -0.3 is 9.30 Å². The fourth-order valence-corrected chi connectivity index (χ4v) is 8.71. The highest BCUT2D eigenvalue weighted by Crippen LogP contribution is 2.47. The Balaban J connectivity index is 1.07. The first kappa shape index (κ1) is 28.2. The summed E-state index contributed by atoms with van der Waals surface area (Å²) in [6, 6.07) is 54.9. The van der Waals surface area contributed by atoms with Crippen molar-refractivity contribution < 1.29 is 4.74 Å². The molecule has 1 aliphatic heterocycles. The van der Waals surface area contributed by atoms with Crippen LogP contribution < -0.4 is 4.74 Å². The summed E-state index contributed by atoms with van der Waals surface area (Å²) < 4.78 is 11.2. The van der Waals surface area contributed by atoms with E-state index in [1.54, 1.807) is 0 Å². The number of para-hydroxylation sites is 3. The quantitative estimate of drug-likeness (QED) is 0.187. The number of hydrogen-bond donors (Lipinski definition) is 0. The lowest BCUT2D eigenvalue weighted by Crippen LogP contribution is -2.03. The summed E-state index contributed by atoms with van der Waals surface area (Å²) in [6.45, 7) is 0. The van der Waals surface area contributed by atoms with E-state index in [-0.39, 0.29) is 0 Å². The zero-order valence-corrected chi connectivity index (χ0v) is 27.9. The molecular weight excluding hydrogens is 645 g/mol. The molecule has 1 aliphatic rings. The predicted octanol–water partition coefficient (Wildman–Crippen LogP) is 12.1. The van der Waals surface area contributed by atoms with Gasteiger partial charge in [-0.2, -0.15) is 0 Å². The van der Waals surface area contributed by atoms with Crippen LogP contribution in [0.25, 0.3) is 93.0 Å². The molecule has 0 fully saturated rings. The van der Waals surface area contributed by atoms with Crippen molar-refractivity contribution in [1.29, 1.82) is 0 Å². The van der Waals surface area contributed by atoms with Gasteiger partial charge in [0.15, 0.2) is 29.0 Å². The van der Waals surface area contributed by atoms with Crippen molar-refractivity contribution in [2.45, 2.75) is 0 Å². The van der Waals surface area contributed by atoms with Crippen LogP contribution in [0.4, 0.5) is 0 Å². The number of thiophene rings is 1. The summed E-state index contributed by atoms with van der Waals surface area (Å²) >= 11 is 1.83. The average molecular weight is 671 g/mol. The third-order valence-corrected chi connectivity index (χ3v) is 11.1. The average Bonchev–Trinajstić information content (AvgIpc) is 3.75. The van der Waals surface area contributed by atoms with Crippen molar-refractivity contribution in [2.24, 2.45) is 0 Å². The van der Waals surface area contributed by atoms with Crippen LogP contribution in [0.2, 0.25) is 0 Å². The first-order valence-electron chi connectivity index (χ1n) is 16.9. The van der Waals surface area contributed by atoms with Gasteiger partial charge in [-0.15, -0.1) is 11.3 Å². The minimum atomic E-state index is 0.657. The topological polar surface area (TPSA) is 52.8 Å². The largest absolute Gasteiger partial charge is 0.453 e. The fraction of sp³-hybridized carbons (Fsp3) is 0. The predicted molar refractivity (Wildman–Crippen MR) is 209 cm³/mol. The van der Waals surface area contributed by atoms with Gasteiger partial charge in [0, 0.05) is 47.6 Å². The van der Waals surface area contributed by atoms with Crippen LogP contribution in [0.15, 0.2) is 158 Å². The van der Waals surface area contributed by atoms with Crippen molar-refractivity contribution >= 4 is 53.3 Å². The first-order chi connectivity index (χ1) is 25.3. The van der Waals surface area contributed by atoms with Crippen LogP contribution in [0.5, 0.6) is 11.5 Å². The molecule has 0 saturated carbocycles. The Morgan fingerprint density at radius 3 is 1.86 bits per heavy atom. The molecule has 0 radical (unpaired) electrons. The lowest BCUT2D eigenvalue weighted by molar-refractivity contribution is 0.476. The van der Waals surface area contributed by atoms with Gasteiger partial charge in [0.25, 0.3) is 0 Å². The standard InChI is InChI=1S/C45H26N4OS/c1-3-11-27(12-4-1)43-46-44(28-13-5-2-6-14-28)48-45(47-43)30-22-24-40-35(26-30)33-17-9-15-31(42(33)51-40)29-21-23-36-34(25-29)32-16-10-20-39-41(32)49(36)37-18-7-8-19-38(37)50-39/h1-26H.